The van der Waals surface area contributed by atoms with Crippen molar-refractivity contribution in [2.75, 3.05) is 17.7 Å². The number of aliphatic hydroxyl groups excluding tert-OH is 1. The Balaban J connectivity index is 2.63. The Kier molecular flexibility index (Phi) is 5.24. The van der Waals surface area contributed by atoms with Crippen molar-refractivity contribution >= 4 is 22.4 Å². The van der Waals surface area contributed by atoms with Crippen LogP contribution in [0.15, 0.2) is 24.3 Å². The number of benzene rings is 1. The zero-order chi connectivity index (χ0) is 12.8. The average molecular weight is 259 g/mol. The molecule has 1 amide bonds. The van der Waals surface area contributed by atoms with Gasteiger partial charge in [-0.15, -0.1) is 0 Å². The van der Waals surface area contributed by atoms with Crippen molar-refractivity contribution in [2.24, 2.45) is 0 Å². The maximum atomic E-state index is 12.9. The fourth-order valence-corrected chi connectivity index (χ4v) is 2.03. The van der Waals surface area contributed by atoms with Gasteiger partial charge in [0.25, 0.3) is 0 Å². The number of rotatable bonds is 5. The van der Waals surface area contributed by atoms with E-state index in [0.29, 0.717) is 5.69 Å². The molecule has 0 aromatic heterocycles. The number of halogens is 1. The van der Waals surface area contributed by atoms with Crippen LogP contribution in [0.2, 0.25) is 0 Å². The minimum atomic E-state index is -1.43. The lowest BCUT2D eigenvalue weighted by molar-refractivity contribution is -0.115. The summed E-state index contributed by atoms with van der Waals surface area (Å²) in [6.07, 6.45) is 0. The molecule has 94 valence electrons. The number of carbonyl (C=O) groups excluding carboxylic acids is 1. The molecule has 2 N–H and O–H groups in total. The van der Waals surface area contributed by atoms with Crippen LogP contribution in [0.1, 0.15) is 6.92 Å². The molecule has 6 heteroatoms. The van der Waals surface area contributed by atoms with E-state index >= 15 is 0 Å². The van der Waals surface area contributed by atoms with Crippen LogP contribution < -0.4 is 5.32 Å². The number of anilines is 1. The third-order valence-corrected chi connectivity index (χ3v) is 3.74. The van der Waals surface area contributed by atoms with Crippen LogP contribution in [0, 0.1) is 5.82 Å². The standard InChI is InChI=1S/C11H14FNO3S/c1-8(17(16)6-5-14)11(15)13-10-4-2-3-9(12)7-10/h2-4,7-8,14H,5-6H2,1H3,(H,13,15)/t8-,17-/m0/s1. The Hall–Kier alpha value is -1.27. The van der Waals surface area contributed by atoms with Gasteiger partial charge >= 0.3 is 0 Å². The summed E-state index contributed by atoms with van der Waals surface area (Å²) in [7, 11) is -1.43. The SMILES string of the molecule is C[C@@H](C(=O)Nc1cccc(F)c1)[S@@](=O)CCO. The van der Waals surface area contributed by atoms with Crippen molar-refractivity contribution in [3.05, 3.63) is 30.1 Å². The van der Waals surface area contributed by atoms with Crippen molar-refractivity contribution < 1.29 is 18.5 Å². The van der Waals surface area contributed by atoms with Crippen LogP contribution in [0.4, 0.5) is 10.1 Å². The molecule has 0 aliphatic heterocycles. The Morgan fingerprint density at radius 2 is 2.29 bits per heavy atom. The van der Waals surface area contributed by atoms with Gasteiger partial charge in [0, 0.05) is 22.2 Å². The second-order valence-electron chi connectivity index (χ2n) is 3.45. The van der Waals surface area contributed by atoms with Crippen molar-refractivity contribution in [3.8, 4) is 0 Å². The van der Waals surface area contributed by atoms with E-state index in [4.69, 9.17) is 5.11 Å². The molecule has 0 saturated heterocycles. The van der Waals surface area contributed by atoms with E-state index in [1.807, 2.05) is 0 Å². The quantitative estimate of drug-likeness (QED) is 0.825. The first-order valence-electron chi connectivity index (χ1n) is 5.09. The van der Waals surface area contributed by atoms with Crippen molar-refractivity contribution in [2.45, 2.75) is 12.2 Å². The molecule has 0 bridgehead atoms. The molecule has 0 aliphatic rings. The lowest BCUT2D eigenvalue weighted by Gasteiger charge is -2.11. The van der Waals surface area contributed by atoms with Gasteiger partial charge in [-0.1, -0.05) is 6.07 Å². The molecule has 4 nitrogen and oxygen atoms in total. The van der Waals surface area contributed by atoms with Crippen molar-refractivity contribution in [1.82, 2.24) is 0 Å². The highest BCUT2D eigenvalue weighted by molar-refractivity contribution is 7.86. The Morgan fingerprint density at radius 3 is 2.88 bits per heavy atom. The normalized spacial score (nSPS) is 14.1. The molecule has 0 fully saturated rings. The van der Waals surface area contributed by atoms with Crippen LogP contribution in [-0.2, 0) is 15.6 Å². The van der Waals surface area contributed by atoms with Crippen molar-refractivity contribution in [1.29, 1.82) is 0 Å². The molecule has 0 unspecified atom stereocenters. The summed E-state index contributed by atoms with van der Waals surface area (Å²) in [5.74, 6) is -0.855. The number of aliphatic hydroxyl groups is 1. The lowest BCUT2D eigenvalue weighted by atomic mass is 10.3. The molecule has 0 radical (unpaired) electrons. The number of hydrogen-bond donors (Lipinski definition) is 2. The maximum Gasteiger partial charge on any atom is 0.239 e. The van der Waals surface area contributed by atoms with Gasteiger partial charge in [-0.2, -0.15) is 0 Å². The zero-order valence-corrected chi connectivity index (χ0v) is 10.2. The molecule has 1 aromatic rings. The van der Waals surface area contributed by atoms with E-state index in [9.17, 15) is 13.4 Å². The van der Waals surface area contributed by atoms with Gasteiger partial charge in [-0.3, -0.25) is 9.00 Å². The molecule has 0 heterocycles. The van der Waals surface area contributed by atoms with Gasteiger partial charge in [-0.25, -0.2) is 4.39 Å². The Labute approximate surface area is 101 Å². The molecule has 0 aliphatic carbocycles. The number of hydrogen-bond acceptors (Lipinski definition) is 3. The summed E-state index contributed by atoms with van der Waals surface area (Å²) < 4.78 is 24.3. The van der Waals surface area contributed by atoms with Gasteiger partial charge in [0.2, 0.25) is 5.91 Å². The van der Waals surface area contributed by atoms with Crippen LogP contribution in [0.5, 0.6) is 0 Å². The van der Waals surface area contributed by atoms with Crippen LogP contribution in [0.25, 0.3) is 0 Å². The highest BCUT2D eigenvalue weighted by Crippen LogP contribution is 2.10. The number of amides is 1. The predicted molar refractivity (Wildman–Crippen MR) is 64.6 cm³/mol. The molecule has 0 spiro atoms. The molecular weight excluding hydrogens is 245 g/mol. The van der Waals surface area contributed by atoms with E-state index in [2.05, 4.69) is 5.32 Å². The second kappa shape index (κ2) is 6.46. The summed E-state index contributed by atoms with van der Waals surface area (Å²) in [6.45, 7) is 1.27. The fraction of sp³-hybridized carbons (Fsp3) is 0.364. The predicted octanol–water partition coefficient (Wildman–Crippen LogP) is 0.894. The number of carbonyl (C=O) groups is 1. The van der Waals surface area contributed by atoms with Crippen LogP contribution in [-0.4, -0.2) is 32.8 Å². The maximum absolute atomic E-state index is 12.9. The summed E-state index contributed by atoms with van der Waals surface area (Å²) in [4.78, 5) is 11.6. The second-order valence-corrected chi connectivity index (χ2v) is 5.33. The third-order valence-electron chi connectivity index (χ3n) is 2.15. The summed E-state index contributed by atoms with van der Waals surface area (Å²) in [5.41, 5.74) is 0.322. The first-order valence-corrected chi connectivity index (χ1v) is 6.47. The minimum Gasteiger partial charge on any atom is -0.395 e. The van der Waals surface area contributed by atoms with Crippen LogP contribution >= 0.6 is 0 Å². The minimum absolute atomic E-state index is 0.0533. The smallest absolute Gasteiger partial charge is 0.239 e. The molecule has 0 saturated carbocycles. The largest absolute Gasteiger partial charge is 0.395 e. The highest BCUT2D eigenvalue weighted by Gasteiger charge is 2.19. The monoisotopic (exact) mass is 259 g/mol. The third kappa shape index (κ3) is 4.24. The van der Waals surface area contributed by atoms with E-state index in [-0.39, 0.29) is 12.4 Å². The van der Waals surface area contributed by atoms with Gasteiger partial charge < -0.3 is 10.4 Å². The Morgan fingerprint density at radius 1 is 1.59 bits per heavy atom. The van der Waals surface area contributed by atoms with Gasteiger partial charge in [-0.05, 0) is 25.1 Å². The topological polar surface area (TPSA) is 66.4 Å². The summed E-state index contributed by atoms with van der Waals surface area (Å²) >= 11 is 0. The van der Waals surface area contributed by atoms with E-state index in [0.717, 1.165) is 0 Å². The van der Waals surface area contributed by atoms with Gasteiger partial charge in [0.1, 0.15) is 11.1 Å². The lowest BCUT2D eigenvalue weighted by Crippen LogP contribution is -2.30. The van der Waals surface area contributed by atoms with Crippen LogP contribution in [0.3, 0.4) is 0 Å². The summed E-state index contributed by atoms with van der Waals surface area (Å²) in [5, 5.41) is 10.3. The molecular formula is C11H14FNO3S. The fourth-order valence-electron chi connectivity index (χ4n) is 1.20. The molecule has 17 heavy (non-hydrogen) atoms. The average Bonchev–Trinajstić information content (AvgIpc) is 2.28. The van der Waals surface area contributed by atoms with E-state index < -0.39 is 27.8 Å². The van der Waals surface area contributed by atoms with E-state index in [1.165, 1.54) is 25.1 Å². The molecule has 1 rings (SSSR count). The van der Waals surface area contributed by atoms with Crippen molar-refractivity contribution in [3.63, 3.8) is 0 Å². The highest BCUT2D eigenvalue weighted by atomic mass is 32.2. The first-order chi connectivity index (χ1) is 8.04. The van der Waals surface area contributed by atoms with E-state index in [1.54, 1.807) is 6.07 Å². The van der Waals surface area contributed by atoms with Gasteiger partial charge in [0.05, 0.1) is 6.61 Å². The zero-order valence-electron chi connectivity index (χ0n) is 9.35. The molecule has 1 aromatic carbocycles. The summed E-state index contributed by atoms with van der Waals surface area (Å²) in [6, 6.07) is 5.46. The first kappa shape index (κ1) is 13.8. The molecule has 2 atom stereocenters. The van der Waals surface area contributed by atoms with Gasteiger partial charge in [0.15, 0.2) is 0 Å². The number of nitrogens with one attached hydrogen (secondary N) is 1. The Bertz CT molecular complexity index is 425.